The molecule has 0 aromatic carbocycles. The Hall–Kier alpha value is -1.90. The van der Waals surface area contributed by atoms with Crippen LogP contribution >= 0.6 is 0 Å². The standard InChI is InChI=1S/C17H17F7N2/c1-3-11(2)8-26-5-4-15(9-18,10-26)12-6-13(16(19,20)21)25-14(7-12)17(22,23)24/h3,6-7H,1-2,4-5,8-10H2. The smallest absolute Gasteiger partial charge is 0.298 e. The van der Waals surface area contributed by atoms with Crippen molar-refractivity contribution in [1.29, 1.82) is 0 Å². The Balaban J connectivity index is 2.47. The average Bonchev–Trinajstić information content (AvgIpc) is 2.97. The van der Waals surface area contributed by atoms with E-state index in [-0.39, 0.29) is 18.5 Å². The summed E-state index contributed by atoms with van der Waals surface area (Å²) in [5.74, 6) is 0. The van der Waals surface area contributed by atoms with Crippen LogP contribution in [0.25, 0.3) is 0 Å². The maximum absolute atomic E-state index is 13.8. The molecular formula is C17H17F7N2. The molecule has 0 bridgehead atoms. The first-order valence-electron chi connectivity index (χ1n) is 7.67. The van der Waals surface area contributed by atoms with Gasteiger partial charge in [-0.2, -0.15) is 26.3 Å². The summed E-state index contributed by atoms with van der Waals surface area (Å²) >= 11 is 0. The molecule has 1 aromatic rings. The van der Waals surface area contributed by atoms with Crippen LogP contribution in [0, 0.1) is 0 Å². The fourth-order valence-electron chi connectivity index (χ4n) is 2.99. The Bertz CT molecular complexity index is 661. The van der Waals surface area contributed by atoms with Crippen molar-refractivity contribution in [3.05, 3.63) is 53.9 Å². The van der Waals surface area contributed by atoms with Gasteiger partial charge in [0.05, 0.1) is 0 Å². The number of alkyl halides is 7. The quantitative estimate of drug-likeness (QED) is 0.539. The number of aromatic nitrogens is 1. The molecule has 1 aliphatic heterocycles. The molecule has 0 N–H and O–H groups in total. The van der Waals surface area contributed by atoms with E-state index in [1.54, 1.807) is 4.90 Å². The van der Waals surface area contributed by atoms with Gasteiger partial charge >= 0.3 is 12.4 Å². The number of halogens is 7. The van der Waals surface area contributed by atoms with Gasteiger partial charge < -0.3 is 0 Å². The van der Waals surface area contributed by atoms with Crippen LogP contribution in [0.15, 0.2) is 36.9 Å². The van der Waals surface area contributed by atoms with Crippen molar-refractivity contribution in [3.8, 4) is 0 Å². The van der Waals surface area contributed by atoms with Gasteiger partial charge in [-0.15, -0.1) is 0 Å². The second-order valence-corrected chi connectivity index (χ2v) is 6.36. The van der Waals surface area contributed by atoms with E-state index in [1.165, 1.54) is 6.08 Å². The summed E-state index contributed by atoms with van der Waals surface area (Å²) in [6, 6.07) is 1.03. The van der Waals surface area contributed by atoms with Crippen molar-refractivity contribution in [3.63, 3.8) is 0 Å². The Kier molecular flexibility index (Phi) is 5.51. The highest BCUT2D eigenvalue weighted by atomic mass is 19.4. The number of nitrogens with zero attached hydrogens (tertiary/aromatic N) is 2. The molecule has 0 amide bonds. The highest BCUT2D eigenvalue weighted by molar-refractivity contribution is 5.34. The lowest BCUT2D eigenvalue weighted by atomic mass is 9.80. The molecule has 1 aliphatic rings. The number of hydrogen-bond donors (Lipinski definition) is 0. The van der Waals surface area contributed by atoms with Gasteiger partial charge in [-0.25, -0.2) is 4.98 Å². The van der Waals surface area contributed by atoms with Crippen LogP contribution < -0.4 is 0 Å². The van der Waals surface area contributed by atoms with E-state index < -0.39 is 35.8 Å². The van der Waals surface area contributed by atoms with E-state index >= 15 is 0 Å². The number of likely N-dealkylation sites (tertiary alicyclic amines) is 1. The lowest BCUT2D eigenvalue weighted by Gasteiger charge is -2.28. The van der Waals surface area contributed by atoms with Crippen LogP contribution in [0.4, 0.5) is 30.7 Å². The molecule has 1 unspecified atom stereocenters. The molecule has 2 nitrogen and oxygen atoms in total. The van der Waals surface area contributed by atoms with E-state index in [9.17, 15) is 30.7 Å². The maximum Gasteiger partial charge on any atom is 0.433 e. The zero-order chi connectivity index (χ0) is 19.8. The van der Waals surface area contributed by atoms with E-state index in [0.29, 0.717) is 30.8 Å². The zero-order valence-electron chi connectivity index (χ0n) is 13.7. The summed E-state index contributed by atoms with van der Waals surface area (Å²) < 4.78 is 91.8. The van der Waals surface area contributed by atoms with E-state index in [2.05, 4.69) is 18.1 Å². The van der Waals surface area contributed by atoms with Gasteiger partial charge in [0.25, 0.3) is 0 Å². The number of hydrogen-bond acceptors (Lipinski definition) is 2. The minimum atomic E-state index is -5.07. The number of rotatable bonds is 5. The molecular weight excluding hydrogens is 365 g/mol. The zero-order valence-corrected chi connectivity index (χ0v) is 13.7. The van der Waals surface area contributed by atoms with Crippen molar-refractivity contribution < 1.29 is 30.7 Å². The van der Waals surface area contributed by atoms with Crippen LogP contribution in [0.3, 0.4) is 0 Å². The molecule has 9 heteroatoms. The van der Waals surface area contributed by atoms with Crippen LogP contribution in [-0.2, 0) is 17.8 Å². The Labute approximate surface area is 146 Å². The largest absolute Gasteiger partial charge is 0.433 e. The molecule has 0 spiro atoms. The van der Waals surface area contributed by atoms with Crippen LogP contribution in [0.1, 0.15) is 23.4 Å². The Morgan fingerprint density at radius 3 is 2.12 bits per heavy atom. The molecule has 1 fully saturated rings. The van der Waals surface area contributed by atoms with Gasteiger partial charge in [0.15, 0.2) is 0 Å². The third-order valence-corrected chi connectivity index (χ3v) is 4.42. The summed E-state index contributed by atoms with van der Waals surface area (Å²) in [6.07, 6.45) is -8.55. The molecule has 0 aliphatic carbocycles. The summed E-state index contributed by atoms with van der Waals surface area (Å²) in [5.41, 5.74) is -4.53. The second kappa shape index (κ2) is 7.02. The molecule has 1 atom stereocenters. The molecule has 0 radical (unpaired) electrons. The molecule has 1 aromatic heterocycles. The van der Waals surface area contributed by atoms with Crippen LogP contribution in [0.5, 0.6) is 0 Å². The van der Waals surface area contributed by atoms with Crippen molar-refractivity contribution in [2.24, 2.45) is 0 Å². The van der Waals surface area contributed by atoms with Crippen LogP contribution in [0.2, 0.25) is 0 Å². The third kappa shape index (κ3) is 4.25. The number of pyridine rings is 1. The molecule has 26 heavy (non-hydrogen) atoms. The lowest BCUT2D eigenvalue weighted by Crippen LogP contribution is -2.34. The van der Waals surface area contributed by atoms with E-state index in [0.717, 1.165) is 0 Å². The van der Waals surface area contributed by atoms with Crippen molar-refractivity contribution >= 4 is 0 Å². The first kappa shape index (κ1) is 20.4. The highest BCUT2D eigenvalue weighted by Crippen LogP contribution is 2.40. The topological polar surface area (TPSA) is 16.1 Å². The van der Waals surface area contributed by atoms with Crippen LogP contribution in [-0.4, -0.2) is 36.2 Å². The van der Waals surface area contributed by atoms with Crippen molar-refractivity contribution in [2.75, 3.05) is 26.3 Å². The maximum atomic E-state index is 13.8. The predicted molar refractivity (Wildman–Crippen MR) is 82.3 cm³/mol. The molecule has 1 saturated heterocycles. The predicted octanol–water partition coefficient (Wildman–Crippen LogP) is 4.77. The van der Waals surface area contributed by atoms with Gasteiger partial charge in [-0.05, 0) is 36.2 Å². The van der Waals surface area contributed by atoms with Gasteiger partial charge in [0.2, 0.25) is 0 Å². The fourth-order valence-corrected chi connectivity index (χ4v) is 2.99. The molecule has 0 saturated carbocycles. The monoisotopic (exact) mass is 382 g/mol. The molecule has 144 valence electrons. The second-order valence-electron chi connectivity index (χ2n) is 6.36. The van der Waals surface area contributed by atoms with Gasteiger partial charge in [0, 0.05) is 18.5 Å². The van der Waals surface area contributed by atoms with E-state index in [1.807, 2.05) is 0 Å². The normalized spacial score (nSPS) is 21.8. The van der Waals surface area contributed by atoms with Crippen molar-refractivity contribution in [2.45, 2.75) is 24.2 Å². The minimum Gasteiger partial charge on any atom is -0.298 e. The van der Waals surface area contributed by atoms with Gasteiger partial charge in [-0.1, -0.05) is 19.2 Å². The summed E-state index contributed by atoms with van der Waals surface area (Å²) in [6.45, 7) is 6.79. The van der Waals surface area contributed by atoms with E-state index in [4.69, 9.17) is 0 Å². The highest BCUT2D eigenvalue weighted by Gasteiger charge is 2.45. The minimum absolute atomic E-state index is 0.0189. The first-order valence-corrected chi connectivity index (χ1v) is 7.67. The SMILES string of the molecule is C=CC(=C)CN1CCC(CF)(c2cc(C(F)(F)F)nc(C(F)(F)F)c2)C1. The summed E-state index contributed by atoms with van der Waals surface area (Å²) in [7, 11) is 0. The lowest BCUT2D eigenvalue weighted by molar-refractivity contribution is -0.150. The Morgan fingerprint density at radius 1 is 1.15 bits per heavy atom. The summed E-state index contributed by atoms with van der Waals surface area (Å²) in [5, 5.41) is 0. The average molecular weight is 382 g/mol. The fraction of sp³-hybridized carbons (Fsp3) is 0.471. The molecule has 2 heterocycles. The summed E-state index contributed by atoms with van der Waals surface area (Å²) in [4.78, 5) is 4.41. The van der Waals surface area contributed by atoms with Gasteiger partial charge in [-0.3, -0.25) is 9.29 Å². The first-order chi connectivity index (χ1) is 11.9. The third-order valence-electron chi connectivity index (χ3n) is 4.42. The van der Waals surface area contributed by atoms with Crippen molar-refractivity contribution in [1.82, 2.24) is 9.88 Å². The Morgan fingerprint density at radius 2 is 1.69 bits per heavy atom. The molecule has 2 rings (SSSR count). The van der Waals surface area contributed by atoms with Gasteiger partial charge in [0.1, 0.15) is 18.1 Å².